The van der Waals surface area contributed by atoms with Gasteiger partial charge in [-0.3, -0.25) is 0 Å². The number of nitrogens with zero attached hydrogens (tertiary/aromatic N) is 2. The molecular weight excluding hydrogens is 288 g/mol. The number of aliphatic hydroxyl groups excluding tert-OH is 1. The van der Waals surface area contributed by atoms with Crippen LogP contribution in [0.5, 0.6) is 5.75 Å². The average Bonchev–Trinajstić information content (AvgIpc) is 2.86. The average molecular weight is 310 g/mol. The minimum Gasteiger partial charge on any atom is -0.492 e. The summed E-state index contributed by atoms with van der Waals surface area (Å²) in [5.41, 5.74) is 4.57. The molecule has 0 unspecified atom stereocenters. The molecule has 120 valence electrons. The number of rotatable bonds is 6. The van der Waals surface area contributed by atoms with E-state index >= 15 is 0 Å². The van der Waals surface area contributed by atoms with Crippen LogP contribution in [0.4, 0.5) is 0 Å². The maximum Gasteiger partial charge on any atom is 0.119 e. The third kappa shape index (κ3) is 3.37. The SMILES string of the molecule is Cc1cc2nc(CCO)n(CCOc3ccccc3)c2cc1C. The Morgan fingerprint density at radius 2 is 1.83 bits per heavy atom. The summed E-state index contributed by atoms with van der Waals surface area (Å²) in [6, 6.07) is 14.1. The molecule has 0 aliphatic rings. The van der Waals surface area contributed by atoms with E-state index in [0.29, 0.717) is 19.6 Å². The molecule has 0 radical (unpaired) electrons. The highest BCUT2D eigenvalue weighted by molar-refractivity contribution is 5.78. The maximum absolute atomic E-state index is 9.30. The van der Waals surface area contributed by atoms with Gasteiger partial charge in [-0.25, -0.2) is 4.98 Å². The summed E-state index contributed by atoms with van der Waals surface area (Å²) < 4.78 is 7.96. The van der Waals surface area contributed by atoms with Crippen molar-refractivity contribution in [3.8, 4) is 5.75 Å². The number of para-hydroxylation sites is 1. The fraction of sp³-hybridized carbons (Fsp3) is 0.316. The smallest absolute Gasteiger partial charge is 0.119 e. The highest BCUT2D eigenvalue weighted by Crippen LogP contribution is 2.21. The molecule has 3 aromatic rings. The van der Waals surface area contributed by atoms with Crippen LogP contribution in [0.2, 0.25) is 0 Å². The number of hydrogen-bond acceptors (Lipinski definition) is 3. The van der Waals surface area contributed by atoms with Gasteiger partial charge in [-0.15, -0.1) is 0 Å². The largest absolute Gasteiger partial charge is 0.492 e. The molecular formula is C19H22N2O2. The number of benzene rings is 2. The van der Waals surface area contributed by atoms with E-state index < -0.39 is 0 Å². The molecule has 4 heteroatoms. The van der Waals surface area contributed by atoms with Gasteiger partial charge in [0.05, 0.1) is 24.2 Å². The minimum absolute atomic E-state index is 0.0980. The van der Waals surface area contributed by atoms with Crippen molar-refractivity contribution in [3.05, 3.63) is 59.4 Å². The Balaban J connectivity index is 1.85. The van der Waals surface area contributed by atoms with E-state index in [1.165, 1.54) is 11.1 Å². The summed E-state index contributed by atoms with van der Waals surface area (Å²) in [7, 11) is 0. The molecule has 4 nitrogen and oxygen atoms in total. The second-order valence-electron chi connectivity index (χ2n) is 5.74. The van der Waals surface area contributed by atoms with Crippen molar-refractivity contribution in [2.24, 2.45) is 0 Å². The quantitative estimate of drug-likeness (QED) is 0.760. The number of hydrogen-bond donors (Lipinski definition) is 1. The van der Waals surface area contributed by atoms with E-state index in [4.69, 9.17) is 4.74 Å². The van der Waals surface area contributed by atoms with E-state index in [1.807, 2.05) is 30.3 Å². The maximum atomic E-state index is 9.30. The van der Waals surface area contributed by atoms with Crippen molar-refractivity contribution in [2.45, 2.75) is 26.8 Å². The molecule has 1 N–H and O–H groups in total. The lowest BCUT2D eigenvalue weighted by Gasteiger charge is -2.11. The zero-order valence-electron chi connectivity index (χ0n) is 13.6. The first-order chi connectivity index (χ1) is 11.2. The Labute approximate surface area is 136 Å². The van der Waals surface area contributed by atoms with Gasteiger partial charge in [0, 0.05) is 6.42 Å². The van der Waals surface area contributed by atoms with Crippen molar-refractivity contribution in [2.75, 3.05) is 13.2 Å². The Hall–Kier alpha value is -2.33. The Morgan fingerprint density at radius 3 is 2.57 bits per heavy atom. The fourth-order valence-corrected chi connectivity index (χ4v) is 2.74. The molecule has 0 saturated heterocycles. The van der Waals surface area contributed by atoms with Crippen LogP contribution in [0.25, 0.3) is 11.0 Å². The van der Waals surface area contributed by atoms with Gasteiger partial charge >= 0.3 is 0 Å². The van der Waals surface area contributed by atoms with Gasteiger partial charge < -0.3 is 14.4 Å². The topological polar surface area (TPSA) is 47.3 Å². The number of aryl methyl sites for hydroxylation is 2. The lowest BCUT2D eigenvalue weighted by atomic mass is 10.1. The van der Waals surface area contributed by atoms with Crippen LogP contribution < -0.4 is 4.74 Å². The van der Waals surface area contributed by atoms with Gasteiger partial charge in [-0.05, 0) is 49.2 Å². The molecule has 0 bridgehead atoms. The van der Waals surface area contributed by atoms with Crippen molar-refractivity contribution < 1.29 is 9.84 Å². The van der Waals surface area contributed by atoms with Gasteiger partial charge in [0.25, 0.3) is 0 Å². The van der Waals surface area contributed by atoms with Crippen molar-refractivity contribution >= 4 is 11.0 Å². The molecule has 0 saturated carbocycles. The lowest BCUT2D eigenvalue weighted by molar-refractivity contribution is 0.283. The molecule has 0 aliphatic carbocycles. The Bertz CT molecular complexity index is 794. The third-order valence-electron chi connectivity index (χ3n) is 4.11. The number of fused-ring (bicyclic) bond motifs is 1. The lowest BCUT2D eigenvalue weighted by Crippen LogP contribution is -2.12. The van der Waals surface area contributed by atoms with Crippen LogP contribution in [0.15, 0.2) is 42.5 Å². The summed E-state index contributed by atoms with van der Waals surface area (Å²) in [5, 5.41) is 9.30. The Morgan fingerprint density at radius 1 is 1.09 bits per heavy atom. The van der Waals surface area contributed by atoms with E-state index in [2.05, 4.69) is 35.5 Å². The summed E-state index contributed by atoms with van der Waals surface area (Å²) in [4.78, 5) is 4.68. The minimum atomic E-state index is 0.0980. The van der Waals surface area contributed by atoms with E-state index in [-0.39, 0.29) is 6.61 Å². The van der Waals surface area contributed by atoms with Crippen LogP contribution in [0.1, 0.15) is 17.0 Å². The summed E-state index contributed by atoms with van der Waals surface area (Å²) >= 11 is 0. The molecule has 2 aromatic carbocycles. The van der Waals surface area contributed by atoms with Crippen molar-refractivity contribution in [1.29, 1.82) is 0 Å². The first-order valence-corrected chi connectivity index (χ1v) is 7.94. The monoisotopic (exact) mass is 310 g/mol. The molecule has 3 rings (SSSR count). The molecule has 1 aromatic heterocycles. The van der Waals surface area contributed by atoms with E-state index in [0.717, 1.165) is 22.6 Å². The van der Waals surface area contributed by atoms with Crippen LogP contribution in [0, 0.1) is 13.8 Å². The van der Waals surface area contributed by atoms with Crippen LogP contribution in [0.3, 0.4) is 0 Å². The Kier molecular flexibility index (Phi) is 4.63. The van der Waals surface area contributed by atoms with Gasteiger partial charge in [-0.2, -0.15) is 0 Å². The molecule has 0 fully saturated rings. The molecule has 23 heavy (non-hydrogen) atoms. The highest BCUT2D eigenvalue weighted by Gasteiger charge is 2.11. The number of aromatic nitrogens is 2. The molecule has 0 amide bonds. The number of aliphatic hydroxyl groups is 1. The fourth-order valence-electron chi connectivity index (χ4n) is 2.74. The van der Waals surface area contributed by atoms with Crippen molar-refractivity contribution in [1.82, 2.24) is 9.55 Å². The van der Waals surface area contributed by atoms with Crippen LogP contribution >= 0.6 is 0 Å². The highest BCUT2D eigenvalue weighted by atomic mass is 16.5. The molecule has 1 heterocycles. The first kappa shape index (κ1) is 15.6. The van der Waals surface area contributed by atoms with Crippen LogP contribution in [-0.4, -0.2) is 27.9 Å². The molecule has 0 spiro atoms. The zero-order valence-corrected chi connectivity index (χ0v) is 13.6. The van der Waals surface area contributed by atoms with E-state index in [9.17, 15) is 5.11 Å². The van der Waals surface area contributed by atoms with Gasteiger partial charge in [0.15, 0.2) is 0 Å². The zero-order chi connectivity index (χ0) is 16.2. The molecule has 0 atom stereocenters. The predicted octanol–water partition coefficient (Wildman–Crippen LogP) is 3.27. The van der Waals surface area contributed by atoms with Gasteiger partial charge in [0.1, 0.15) is 18.2 Å². The third-order valence-corrected chi connectivity index (χ3v) is 4.11. The summed E-state index contributed by atoms with van der Waals surface area (Å²) in [6.45, 7) is 5.58. The number of imidazole rings is 1. The van der Waals surface area contributed by atoms with E-state index in [1.54, 1.807) is 0 Å². The second-order valence-corrected chi connectivity index (χ2v) is 5.74. The normalized spacial score (nSPS) is 11.1. The second kappa shape index (κ2) is 6.84. The first-order valence-electron chi connectivity index (χ1n) is 7.94. The number of ether oxygens (including phenoxy) is 1. The van der Waals surface area contributed by atoms with Crippen LogP contribution in [-0.2, 0) is 13.0 Å². The molecule has 0 aliphatic heterocycles. The van der Waals surface area contributed by atoms with Gasteiger partial charge in [0.2, 0.25) is 0 Å². The predicted molar refractivity (Wildman–Crippen MR) is 91.9 cm³/mol. The summed E-state index contributed by atoms with van der Waals surface area (Å²) in [6.07, 6.45) is 0.554. The summed E-state index contributed by atoms with van der Waals surface area (Å²) in [5.74, 6) is 1.77. The standard InChI is InChI=1S/C19H22N2O2/c1-14-12-17-18(13-15(14)2)21(19(20-17)8-10-22)9-11-23-16-6-4-3-5-7-16/h3-7,12-13,22H,8-11H2,1-2H3. The van der Waals surface area contributed by atoms with Gasteiger partial charge in [-0.1, -0.05) is 18.2 Å². The van der Waals surface area contributed by atoms with Crippen molar-refractivity contribution in [3.63, 3.8) is 0 Å².